The number of carbonyl (C=O) groups excluding carboxylic acids is 2. The van der Waals surface area contributed by atoms with Gasteiger partial charge in [-0.1, -0.05) is 39.0 Å². The molecule has 4 aliphatic heterocycles. The number of amides is 2. The first-order chi connectivity index (χ1) is 18.7. The number of piperidine rings is 1. The van der Waals surface area contributed by atoms with Crippen molar-refractivity contribution in [3.63, 3.8) is 0 Å². The fourth-order valence-corrected chi connectivity index (χ4v) is 6.47. The van der Waals surface area contributed by atoms with E-state index in [1.165, 1.54) is 18.4 Å². The van der Waals surface area contributed by atoms with Crippen LogP contribution in [0, 0.1) is 5.41 Å². The van der Waals surface area contributed by atoms with Gasteiger partial charge >= 0.3 is 6.09 Å². The second-order valence-corrected chi connectivity index (χ2v) is 13.1. The molecule has 2 atom stereocenters. The van der Waals surface area contributed by atoms with Gasteiger partial charge < -0.3 is 24.6 Å². The summed E-state index contributed by atoms with van der Waals surface area (Å²) in [5.41, 5.74) is 3.99. The first-order valence-electron chi connectivity index (χ1n) is 14.6. The fourth-order valence-electron chi connectivity index (χ4n) is 6.47. The normalized spacial score (nSPS) is 23.8. The second-order valence-electron chi connectivity index (χ2n) is 13.1. The van der Waals surface area contributed by atoms with E-state index >= 15 is 0 Å². The largest absolute Gasteiger partial charge is 0.487 e. The summed E-state index contributed by atoms with van der Waals surface area (Å²) in [7, 11) is 0. The van der Waals surface area contributed by atoms with Gasteiger partial charge in [0.15, 0.2) is 0 Å². The van der Waals surface area contributed by atoms with Gasteiger partial charge in [-0.25, -0.2) is 4.79 Å². The summed E-state index contributed by atoms with van der Waals surface area (Å²) in [6.07, 6.45) is 5.68. The third-order valence-electron chi connectivity index (χ3n) is 8.77. The average molecular weight is 532 g/mol. The Hall–Kier alpha value is -3.06. The zero-order chi connectivity index (χ0) is 27.2. The molecule has 4 heterocycles. The van der Waals surface area contributed by atoms with Crippen molar-refractivity contribution >= 4 is 12.0 Å². The maximum absolute atomic E-state index is 13.1. The number of ether oxygens (including phenoxy) is 2. The zero-order valence-electron chi connectivity index (χ0n) is 23.5. The molecule has 2 bridgehead atoms. The molecule has 3 fully saturated rings. The van der Waals surface area contributed by atoms with Crippen LogP contribution in [0.15, 0.2) is 42.5 Å². The number of nitrogens with one attached hydrogen (secondary N) is 1. The van der Waals surface area contributed by atoms with Crippen molar-refractivity contribution in [3.05, 3.63) is 53.6 Å². The summed E-state index contributed by atoms with van der Waals surface area (Å²) in [5, 5.41) is 3.59. The number of hydrogen-bond donors (Lipinski definition) is 1. The van der Waals surface area contributed by atoms with Crippen LogP contribution in [-0.4, -0.2) is 72.3 Å². The minimum Gasteiger partial charge on any atom is -0.487 e. The van der Waals surface area contributed by atoms with E-state index in [4.69, 9.17) is 9.47 Å². The lowest BCUT2D eigenvalue weighted by atomic mass is 9.82. The predicted molar refractivity (Wildman–Crippen MR) is 151 cm³/mol. The van der Waals surface area contributed by atoms with Crippen molar-refractivity contribution in [2.24, 2.45) is 5.41 Å². The van der Waals surface area contributed by atoms with Gasteiger partial charge in [0.2, 0.25) is 0 Å². The number of likely N-dealkylation sites (tertiary alicyclic amines) is 2. The molecule has 0 aromatic heterocycles. The van der Waals surface area contributed by atoms with Crippen LogP contribution < -0.4 is 10.1 Å². The number of fused-ring (bicyclic) bond motifs is 3. The van der Waals surface area contributed by atoms with Crippen molar-refractivity contribution in [2.45, 2.75) is 77.0 Å². The van der Waals surface area contributed by atoms with Crippen LogP contribution in [0.1, 0.15) is 68.8 Å². The highest BCUT2D eigenvalue weighted by molar-refractivity contribution is 5.95. The molecule has 6 rings (SSSR count). The molecule has 3 saturated heterocycles. The van der Waals surface area contributed by atoms with Crippen LogP contribution in [0.5, 0.6) is 5.75 Å². The molecule has 7 heteroatoms. The Labute approximate surface area is 231 Å². The van der Waals surface area contributed by atoms with Gasteiger partial charge in [-0.3, -0.25) is 4.79 Å². The molecular weight excluding hydrogens is 490 g/mol. The Bertz CT molecular complexity index is 1210. The Morgan fingerprint density at radius 3 is 2.28 bits per heavy atom. The Kier molecular flexibility index (Phi) is 6.82. The Balaban J connectivity index is 1.07. The van der Waals surface area contributed by atoms with E-state index in [0.29, 0.717) is 31.8 Å². The van der Waals surface area contributed by atoms with Crippen LogP contribution in [0.4, 0.5) is 4.79 Å². The molecular formula is C32H41N3O4. The number of hydrogen-bond acceptors (Lipinski definition) is 5. The van der Waals surface area contributed by atoms with Crippen LogP contribution in [0.3, 0.4) is 0 Å². The Morgan fingerprint density at radius 2 is 1.62 bits per heavy atom. The lowest BCUT2D eigenvalue weighted by Crippen LogP contribution is -2.53. The smallest absolute Gasteiger partial charge is 0.409 e. The fraction of sp³-hybridized carbons (Fsp3) is 0.562. The molecule has 1 N–H and O–H groups in total. The van der Waals surface area contributed by atoms with E-state index in [1.807, 2.05) is 21.9 Å². The highest BCUT2D eigenvalue weighted by Gasteiger charge is 2.41. The summed E-state index contributed by atoms with van der Waals surface area (Å²) in [6, 6.07) is 15.4. The monoisotopic (exact) mass is 531 g/mol. The lowest BCUT2D eigenvalue weighted by Gasteiger charge is -2.44. The quantitative estimate of drug-likeness (QED) is 0.584. The lowest BCUT2D eigenvalue weighted by molar-refractivity contribution is -0.0171. The van der Waals surface area contributed by atoms with Crippen LogP contribution in [-0.2, 0) is 11.2 Å². The highest BCUT2D eigenvalue weighted by Crippen LogP contribution is 2.41. The summed E-state index contributed by atoms with van der Waals surface area (Å²) in [4.78, 5) is 29.4. The third-order valence-corrected chi connectivity index (χ3v) is 8.77. The molecule has 0 aliphatic carbocycles. The summed E-state index contributed by atoms with van der Waals surface area (Å²) < 4.78 is 12.1. The van der Waals surface area contributed by atoms with Gasteiger partial charge in [-0.05, 0) is 72.1 Å². The first kappa shape index (κ1) is 26.2. The van der Waals surface area contributed by atoms with Crippen molar-refractivity contribution in [3.8, 4) is 16.9 Å². The minimum absolute atomic E-state index is 0.0358. The number of rotatable bonds is 3. The van der Waals surface area contributed by atoms with Crippen molar-refractivity contribution < 1.29 is 19.1 Å². The van der Waals surface area contributed by atoms with Crippen molar-refractivity contribution in [1.82, 2.24) is 15.1 Å². The summed E-state index contributed by atoms with van der Waals surface area (Å²) in [6.45, 7) is 9.57. The van der Waals surface area contributed by atoms with Gasteiger partial charge in [-0.2, -0.15) is 0 Å². The van der Waals surface area contributed by atoms with Crippen molar-refractivity contribution in [2.75, 3.05) is 32.8 Å². The van der Waals surface area contributed by atoms with E-state index in [2.05, 4.69) is 56.4 Å². The maximum Gasteiger partial charge on any atom is 0.409 e. The molecule has 0 saturated carbocycles. The topological polar surface area (TPSA) is 71.1 Å². The number of carbonyl (C=O) groups is 2. The van der Waals surface area contributed by atoms with Gasteiger partial charge in [0.25, 0.3) is 5.91 Å². The molecule has 2 aromatic rings. The minimum atomic E-state index is -0.214. The van der Waals surface area contributed by atoms with Crippen LogP contribution in [0.2, 0.25) is 0 Å². The van der Waals surface area contributed by atoms with E-state index in [-0.39, 0.29) is 23.0 Å². The van der Waals surface area contributed by atoms with Gasteiger partial charge in [0.05, 0.1) is 6.61 Å². The predicted octanol–water partition coefficient (Wildman–Crippen LogP) is 5.27. The van der Waals surface area contributed by atoms with E-state index in [0.717, 1.165) is 61.2 Å². The van der Waals surface area contributed by atoms with E-state index in [9.17, 15) is 9.59 Å². The summed E-state index contributed by atoms with van der Waals surface area (Å²) in [5.74, 6) is 1.09. The SMILES string of the molecule is CC(C)(C)COC(=O)N1CCC2(CCc3cc(-c4ccc(C(=O)N5C[C@H]6CC[C@H](C5)N6)cc4)ccc3O2)CC1. The van der Waals surface area contributed by atoms with Gasteiger partial charge in [-0.15, -0.1) is 0 Å². The number of nitrogens with zero attached hydrogens (tertiary/aromatic N) is 2. The molecule has 2 amide bonds. The number of benzene rings is 2. The Morgan fingerprint density at radius 1 is 0.949 bits per heavy atom. The molecule has 0 radical (unpaired) electrons. The first-order valence-corrected chi connectivity index (χ1v) is 14.6. The molecule has 4 aliphatic rings. The standard InChI is InChI=1S/C32H41N3O4/c1-31(2,3)21-38-30(37)34-16-14-32(15-17-34)13-12-25-18-24(8-11-28(25)39-32)22-4-6-23(7-5-22)29(36)35-19-26-9-10-27(20-35)33-26/h4-8,11,18,26-27,33H,9-10,12-17,19-21H2,1-3H3/t26-,27-/m1/s1. The molecule has 208 valence electrons. The number of piperazine rings is 1. The van der Waals surface area contributed by atoms with Gasteiger partial charge in [0.1, 0.15) is 11.4 Å². The maximum atomic E-state index is 13.1. The molecule has 7 nitrogen and oxygen atoms in total. The molecule has 0 unspecified atom stereocenters. The van der Waals surface area contributed by atoms with Crippen LogP contribution >= 0.6 is 0 Å². The number of aryl methyl sites for hydroxylation is 1. The third kappa shape index (κ3) is 5.65. The van der Waals surface area contributed by atoms with Gasteiger partial charge in [0, 0.05) is 56.7 Å². The van der Waals surface area contributed by atoms with Crippen LogP contribution in [0.25, 0.3) is 11.1 Å². The second kappa shape index (κ2) is 10.2. The zero-order valence-corrected chi connectivity index (χ0v) is 23.5. The molecule has 39 heavy (non-hydrogen) atoms. The molecule has 1 spiro atoms. The highest BCUT2D eigenvalue weighted by atomic mass is 16.6. The summed E-state index contributed by atoms with van der Waals surface area (Å²) >= 11 is 0. The van der Waals surface area contributed by atoms with E-state index < -0.39 is 0 Å². The van der Waals surface area contributed by atoms with E-state index in [1.54, 1.807) is 0 Å². The molecule has 2 aromatic carbocycles. The van der Waals surface area contributed by atoms with Crippen molar-refractivity contribution in [1.29, 1.82) is 0 Å². The average Bonchev–Trinajstić information content (AvgIpc) is 3.28.